The van der Waals surface area contributed by atoms with Crippen LogP contribution in [0.2, 0.25) is 10.0 Å². The molecule has 4 aromatic rings. The SMILES string of the molecule is Cc1cc(C)c2cccc(OCc3c(Cl)ccc(S(=O)(=O)N4CCC[C@H]4C(=O)N4CCN(C(=O)c5ccc(C(=N)N)cn5)CC4)c3Cl)c2n1. The van der Waals surface area contributed by atoms with Gasteiger partial charge in [0.2, 0.25) is 15.9 Å². The van der Waals surface area contributed by atoms with E-state index in [1.165, 1.54) is 28.7 Å². The fourth-order valence-corrected chi connectivity index (χ4v) is 8.83. The lowest BCUT2D eigenvalue weighted by Gasteiger charge is -2.37. The minimum Gasteiger partial charge on any atom is -0.487 e. The molecule has 2 aromatic heterocycles. The average Bonchev–Trinajstić information content (AvgIpc) is 3.59. The molecule has 3 N–H and O–H groups in total. The summed E-state index contributed by atoms with van der Waals surface area (Å²) in [5.41, 5.74) is 8.97. The Kier molecular flexibility index (Phi) is 9.81. The fraction of sp³-hybridized carbons (Fsp3) is 0.324. The molecule has 1 atom stereocenters. The van der Waals surface area contributed by atoms with E-state index in [1.54, 1.807) is 21.9 Å². The highest BCUT2D eigenvalue weighted by molar-refractivity contribution is 7.89. The number of sulfonamides is 1. The lowest BCUT2D eigenvalue weighted by atomic mass is 10.1. The van der Waals surface area contributed by atoms with Gasteiger partial charge in [-0.1, -0.05) is 35.3 Å². The summed E-state index contributed by atoms with van der Waals surface area (Å²) in [6.45, 7) is 4.96. The van der Waals surface area contributed by atoms with Crippen LogP contribution in [0.4, 0.5) is 0 Å². The van der Waals surface area contributed by atoms with Gasteiger partial charge in [-0.15, -0.1) is 0 Å². The van der Waals surface area contributed by atoms with Crippen LogP contribution in [0.3, 0.4) is 0 Å². The van der Waals surface area contributed by atoms with Crippen molar-refractivity contribution in [2.24, 2.45) is 5.73 Å². The second kappa shape index (κ2) is 13.9. The molecule has 2 aromatic carbocycles. The van der Waals surface area contributed by atoms with Crippen LogP contribution in [-0.2, 0) is 21.4 Å². The van der Waals surface area contributed by atoms with Crippen molar-refractivity contribution < 1.29 is 22.7 Å². The van der Waals surface area contributed by atoms with Crippen molar-refractivity contribution >= 4 is 61.8 Å². The number of ether oxygens (including phenoxy) is 1. The third kappa shape index (κ3) is 6.80. The molecule has 12 nitrogen and oxygen atoms in total. The molecule has 2 aliphatic rings. The molecule has 15 heteroatoms. The number of carbonyl (C=O) groups is 2. The summed E-state index contributed by atoms with van der Waals surface area (Å²) in [6.07, 6.45) is 2.24. The molecule has 0 spiro atoms. The number of amides is 2. The van der Waals surface area contributed by atoms with Crippen LogP contribution in [0.1, 0.15) is 45.7 Å². The molecule has 256 valence electrons. The van der Waals surface area contributed by atoms with Crippen LogP contribution < -0.4 is 10.5 Å². The Morgan fingerprint density at radius 1 is 1.02 bits per heavy atom. The van der Waals surface area contributed by atoms with Crippen LogP contribution in [-0.4, -0.2) is 88.9 Å². The van der Waals surface area contributed by atoms with E-state index in [0.29, 0.717) is 35.2 Å². The van der Waals surface area contributed by atoms with Crippen molar-refractivity contribution in [2.45, 2.75) is 44.2 Å². The highest BCUT2D eigenvalue weighted by Crippen LogP contribution is 2.37. The normalized spacial score (nSPS) is 17.0. The maximum Gasteiger partial charge on any atom is 0.272 e. The summed E-state index contributed by atoms with van der Waals surface area (Å²) in [5.74, 6) is -0.251. The number of fused-ring (bicyclic) bond motifs is 1. The van der Waals surface area contributed by atoms with E-state index in [0.717, 1.165) is 16.6 Å². The van der Waals surface area contributed by atoms with E-state index in [4.69, 9.17) is 39.1 Å². The first kappa shape index (κ1) is 34.6. The number of para-hydroxylation sites is 1. The van der Waals surface area contributed by atoms with E-state index in [2.05, 4.69) is 9.97 Å². The minimum absolute atomic E-state index is 0.0665. The third-order valence-electron chi connectivity index (χ3n) is 8.91. The van der Waals surface area contributed by atoms with Crippen molar-refractivity contribution in [1.29, 1.82) is 5.41 Å². The molecule has 0 radical (unpaired) electrons. The lowest BCUT2D eigenvalue weighted by Crippen LogP contribution is -2.55. The molecule has 0 unspecified atom stereocenters. The molecular weight excluding hydrogens is 689 g/mol. The number of hydrogen-bond acceptors (Lipinski definition) is 8. The fourth-order valence-electron chi connectivity index (χ4n) is 6.31. The van der Waals surface area contributed by atoms with Crippen LogP contribution in [0.15, 0.2) is 59.6 Å². The number of piperazine rings is 1. The number of hydrogen-bond donors (Lipinski definition) is 2. The Morgan fingerprint density at radius 2 is 1.76 bits per heavy atom. The summed E-state index contributed by atoms with van der Waals surface area (Å²) in [5, 5.41) is 8.61. The monoisotopic (exact) mass is 723 g/mol. The second-order valence-corrected chi connectivity index (χ2v) is 14.7. The third-order valence-corrected chi connectivity index (χ3v) is 11.8. The van der Waals surface area contributed by atoms with E-state index < -0.39 is 16.1 Å². The summed E-state index contributed by atoms with van der Waals surface area (Å²) in [7, 11) is -4.21. The smallest absolute Gasteiger partial charge is 0.272 e. The van der Waals surface area contributed by atoms with E-state index in [9.17, 15) is 18.0 Å². The summed E-state index contributed by atoms with van der Waals surface area (Å²) in [6, 6.07) is 12.6. The van der Waals surface area contributed by atoms with Gasteiger partial charge in [0.25, 0.3) is 5.91 Å². The largest absolute Gasteiger partial charge is 0.487 e. The highest BCUT2D eigenvalue weighted by Gasteiger charge is 2.43. The van der Waals surface area contributed by atoms with E-state index in [1.807, 2.05) is 32.0 Å². The number of halogens is 2. The van der Waals surface area contributed by atoms with Gasteiger partial charge in [-0.25, -0.2) is 13.4 Å². The van der Waals surface area contributed by atoms with E-state index >= 15 is 0 Å². The topological polar surface area (TPSA) is 163 Å². The minimum atomic E-state index is -4.21. The van der Waals surface area contributed by atoms with Gasteiger partial charge in [-0.05, 0) is 68.7 Å². The van der Waals surface area contributed by atoms with Crippen LogP contribution in [0.25, 0.3) is 10.9 Å². The van der Waals surface area contributed by atoms with Crippen molar-refractivity contribution in [3.63, 3.8) is 0 Å². The lowest BCUT2D eigenvalue weighted by molar-refractivity contribution is -0.136. The Labute approximate surface area is 294 Å². The maximum absolute atomic E-state index is 14.1. The maximum atomic E-state index is 14.1. The summed E-state index contributed by atoms with van der Waals surface area (Å²) >= 11 is 13.3. The standard InChI is InChI=1S/C34H35Cl2N7O5S/c1-20-17-21(2)40-31-23(20)5-3-7-28(31)48-19-24-25(35)9-11-29(30(24)36)49(46,47)43-12-4-6-27(43)34(45)42-15-13-41(14-16-42)33(44)26-10-8-22(18-39-26)32(37)38/h3,5,7-11,17-18,27H,4,6,12-16,19H2,1-2H3,(H3,37,38)/t27-/m0/s1. The molecule has 4 heterocycles. The molecule has 0 saturated carbocycles. The molecule has 2 amide bonds. The molecule has 49 heavy (non-hydrogen) atoms. The number of carbonyl (C=O) groups excluding carboxylic acids is 2. The number of nitrogens with one attached hydrogen (secondary N) is 1. The molecular formula is C34H35Cl2N7O5S. The molecule has 0 bridgehead atoms. The molecule has 2 fully saturated rings. The van der Waals surface area contributed by atoms with Gasteiger partial charge >= 0.3 is 0 Å². The predicted octanol–water partition coefficient (Wildman–Crippen LogP) is 4.55. The van der Waals surface area contributed by atoms with E-state index in [-0.39, 0.29) is 77.6 Å². The second-order valence-electron chi connectivity index (χ2n) is 12.1. The Morgan fingerprint density at radius 3 is 2.45 bits per heavy atom. The highest BCUT2D eigenvalue weighted by atomic mass is 35.5. The summed E-state index contributed by atoms with van der Waals surface area (Å²) < 4.78 is 35.5. The van der Waals surface area contributed by atoms with Crippen molar-refractivity contribution in [1.82, 2.24) is 24.1 Å². The van der Waals surface area contributed by atoms with Gasteiger partial charge < -0.3 is 20.3 Å². The zero-order chi connectivity index (χ0) is 35.0. The number of nitrogens with zero attached hydrogens (tertiary/aromatic N) is 5. The Balaban J connectivity index is 1.16. The van der Waals surface area contributed by atoms with Gasteiger partial charge in [0.15, 0.2) is 0 Å². The number of rotatable bonds is 8. The molecule has 0 aliphatic carbocycles. The average molecular weight is 725 g/mol. The zero-order valence-corrected chi connectivity index (χ0v) is 29.3. The Bertz CT molecular complexity index is 2070. The number of aryl methyl sites for hydroxylation is 2. The predicted molar refractivity (Wildman–Crippen MR) is 187 cm³/mol. The van der Waals surface area contributed by atoms with Gasteiger partial charge in [0.05, 0.1) is 5.02 Å². The number of nitrogens with two attached hydrogens (primary N) is 1. The van der Waals surface area contributed by atoms with Crippen LogP contribution >= 0.6 is 23.2 Å². The van der Waals surface area contributed by atoms with Crippen molar-refractivity contribution in [3.05, 3.63) is 92.9 Å². The number of benzene rings is 2. The first-order valence-corrected chi connectivity index (χ1v) is 17.9. The zero-order valence-electron chi connectivity index (χ0n) is 26.9. The number of aromatic nitrogens is 2. The number of nitrogen functional groups attached to an aromatic ring is 1. The molecule has 2 aliphatic heterocycles. The van der Waals surface area contributed by atoms with Crippen molar-refractivity contribution in [2.75, 3.05) is 32.7 Å². The first-order valence-electron chi connectivity index (χ1n) is 15.7. The number of pyridine rings is 2. The van der Waals surface area contributed by atoms with Crippen molar-refractivity contribution in [3.8, 4) is 5.75 Å². The molecule has 6 rings (SSSR count). The van der Waals surface area contributed by atoms with Gasteiger partial charge in [0.1, 0.15) is 40.3 Å². The number of amidine groups is 1. The van der Waals surface area contributed by atoms with Gasteiger partial charge in [-0.2, -0.15) is 4.31 Å². The summed E-state index contributed by atoms with van der Waals surface area (Å²) in [4.78, 5) is 38.6. The van der Waals surface area contributed by atoms with Gasteiger partial charge in [-0.3, -0.25) is 20.0 Å². The first-order chi connectivity index (χ1) is 23.4. The van der Waals surface area contributed by atoms with Crippen LogP contribution in [0, 0.1) is 19.3 Å². The molecule has 2 saturated heterocycles. The van der Waals surface area contributed by atoms with Gasteiger partial charge in [0, 0.05) is 66.2 Å². The Hall–Kier alpha value is -4.30. The van der Waals surface area contributed by atoms with Crippen LogP contribution in [0.5, 0.6) is 5.75 Å². The quantitative estimate of drug-likeness (QED) is 0.198.